The monoisotopic (exact) mass is 562 g/mol. The first-order valence-corrected chi connectivity index (χ1v) is 12.6. The van der Waals surface area contributed by atoms with Gasteiger partial charge in [0.25, 0.3) is 11.1 Å². The summed E-state index contributed by atoms with van der Waals surface area (Å²) in [5, 5.41) is 3.33. The SMILES string of the molecule is COC(=O)c1cc(NC(=O)CN2C(=O)S/C(=C\c3ccc(Sc4ccc(Cl)cc4)o3)C2=O)ccc1Cl. The van der Waals surface area contributed by atoms with E-state index in [1.807, 2.05) is 12.1 Å². The van der Waals surface area contributed by atoms with Gasteiger partial charge in [0.15, 0.2) is 5.09 Å². The van der Waals surface area contributed by atoms with Gasteiger partial charge >= 0.3 is 5.97 Å². The fourth-order valence-corrected chi connectivity index (χ4v) is 4.98. The van der Waals surface area contributed by atoms with E-state index < -0.39 is 29.6 Å². The molecule has 0 saturated carbocycles. The van der Waals surface area contributed by atoms with E-state index in [0.717, 1.165) is 9.80 Å². The minimum atomic E-state index is -0.667. The van der Waals surface area contributed by atoms with Crippen LogP contribution in [0.2, 0.25) is 10.0 Å². The molecule has 36 heavy (non-hydrogen) atoms. The molecule has 1 N–H and O–H groups in total. The van der Waals surface area contributed by atoms with Gasteiger partial charge < -0.3 is 14.5 Å². The summed E-state index contributed by atoms with van der Waals surface area (Å²) in [6, 6.07) is 14.9. The van der Waals surface area contributed by atoms with E-state index in [-0.39, 0.29) is 21.2 Å². The first kappa shape index (κ1) is 25.9. The van der Waals surface area contributed by atoms with Crippen LogP contribution in [0.1, 0.15) is 16.1 Å². The van der Waals surface area contributed by atoms with Crippen LogP contribution in [-0.4, -0.2) is 41.6 Å². The first-order valence-electron chi connectivity index (χ1n) is 10.2. The lowest BCUT2D eigenvalue weighted by Gasteiger charge is -2.13. The minimum Gasteiger partial charge on any atom is -0.465 e. The van der Waals surface area contributed by atoms with Crippen molar-refractivity contribution >= 4 is 81.5 Å². The quantitative estimate of drug-likeness (QED) is 0.268. The van der Waals surface area contributed by atoms with Gasteiger partial charge in [-0.2, -0.15) is 0 Å². The third-order valence-corrected chi connectivity index (χ3v) is 7.16. The van der Waals surface area contributed by atoms with Gasteiger partial charge in [0.1, 0.15) is 12.3 Å². The highest BCUT2D eigenvalue weighted by atomic mass is 35.5. The second kappa shape index (κ2) is 11.3. The lowest BCUT2D eigenvalue weighted by molar-refractivity contribution is -0.127. The zero-order chi connectivity index (χ0) is 25.8. The normalized spacial score (nSPS) is 14.4. The number of benzene rings is 2. The summed E-state index contributed by atoms with van der Waals surface area (Å²) in [6.45, 7) is -0.506. The molecule has 1 aromatic heterocycles. The third-order valence-electron chi connectivity index (χ3n) is 4.74. The van der Waals surface area contributed by atoms with Crippen LogP contribution in [0.4, 0.5) is 10.5 Å². The van der Waals surface area contributed by atoms with Crippen molar-refractivity contribution in [3.05, 3.63) is 80.9 Å². The van der Waals surface area contributed by atoms with Crippen LogP contribution in [0.5, 0.6) is 0 Å². The summed E-state index contributed by atoms with van der Waals surface area (Å²) in [4.78, 5) is 51.3. The molecule has 3 aromatic rings. The highest BCUT2D eigenvalue weighted by Gasteiger charge is 2.36. The van der Waals surface area contributed by atoms with Crippen molar-refractivity contribution in [1.82, 2.24) is 4.90 Å². The fourth-order valence-electron chi connectivity index (χ4n) is 3.06. The average molecular weight is 563 g/mol. The van der Waals surface area contributed by atoms with Gasteiger partial charge in [0, 0.05) is 21.7 Å². The summed E-state index contributed by atoms with van der Waals surface area (Å²) in [7, 11) is 1.21. The Morgan fingerprint density at radius 2 is 1.86 bits per heavy atom. The summed E-state index contributed by atoms with van der Waals surface area (Å²) < 4.78 is 10.4. The van der Waals surface area contributed by atoms with E-state index in [1.54, 1.807) is 24.3 Å². The number of hydrogen-bond donors (Lipinski definition) is 1. The minimum absolute atomic E-state index is 0.0677. The number of nitrogens with zero attached hydrogens (tertiary/aromatic N) is 1. The predicted molar refractivity (Wildman–Crippen MR) is 138 cm³/mol. The summed E-state index contributed by atoms with van der Waals surface area (Å²) in [5.41, 5.74) is 0.326. The van der Waals surface area contributed by atoms with Gasteiger partial charge in [-0.25, -0.2) is 4.79 Å². The number of halogens is 2. The number of carbonyl (C=O) groups excluding carboxylic acids is 4. The van der Waals surface area contributed by atoms with Crippen LogP contribution in [0.3, 0.4) is 0 Å². The Kier molecular flexibility index (Phi) is 8.10. The molecule has 0 radical (unpaired) electrons. The summed E-state index contributed by atoms with van der Waals surface area (Å²) >= 11 is 14.0. The number of anilines is 1. The number of ether oxygens (including phenoxy) is 1. The molecule has 12 heteroatoms. The number of rotatable bonds is 7. The highest BCUT2D eigenvalue weighted by molar-refractivity contribution is 8.18. The topological polar surface area (TPSA) is 106 Å². The number of nitrogens with one attached hydrogen (secondary N) is 1. The van der Waals surface area contributed by atoms with Crippen LogP contribution in [-0.2, 0) is 14.3 Å². The Bertz CT molecular complexity index is 1390. The van der Waals surface area contributed by atoms with Crippen molar-refractivity contribution in [3.63, 3.8) is 0 Å². The lowest BCUT2D eigenvalue weighted by atomic mass is 10.2. The number of esters is 1. The molecule has 1 saturated heterocycles. The zero-order valence-electron chi connectivity index (χ0n) is 18.4. The molecule has 184 valence electrons. The van der Waals surface area contributed by atoms with E-state index in [9.17, 15) is 19.2 Å². The predicted octanol–water partition coefficient (Wildman–Crippen LogP) is 6.20. The maximum absolute atomic E-state index is 12.8. The van der Waals surface area contributed by atoms with E-state index >= 15 is 0 Å². The molecule has 0 bridgehead atoms. The first-order chi connectivity index (χ1) is 17.2. The maximum Gasteiger partial charge on any atom is 0.339 e. The number of thioether (sulfide) groups is 1. The molecular weight excluding hydrogens is 547 g/mol. The van der Waals surface area contributed by atoms with Crippen LogP contribution in [0, 0.1) is 0 Å². The van der Waals surface area contributed by atoms with Crippen molar-refractivity contribution in [2.24, 2.45) is 0 Å². The zero-order valence-corrected chi connectivity index (χ0v) is 21.6. The number of methoxy groups -OCH3 is 1. The van der Waals surface area contributed by atoms with Crippen LogP contribution in [0.25, 0.3) is 6.08 Å². The number of furan rings is 1. The Labute approximate surface area is 223 Å². The molecule has 1 aliphatic heterocycles. The Morgan fingerprint density at radius 3 is 2.58 bits per heavy atom. The summed E-state index contributed by atoms with van der Waals surface area (Å²) in [6.07, 6.45) is 1.45. The van der Waals surface area contributed by atoms with Gasteiger partial charge in [-0.3, -0.25) is 19.3 Å². The van der Waals surface area contributed by atoms with Gasteiger partial charge in [0.2, 0.25) is 5.91 Å². The van der Waals surface area contributed by atoms with Crippen molar-refractivity contribution in [2.45, 2.75) is 9.99 Å². The molecule has 4 rings (SSSR count). The Morgan fingerprint density at radius 1 is 1.11 bits per heavy atom. The number of hydrogen-bond acceptors (Lipinski definition) is 8. The average Bonchev–Trinajstić information content (AvgIpc) is 3.40. The Balaban J connectivity index is 1.40. The molecule has 2 heterocycles. The molecular formula is C24H16Cl2N2O6S2. The van der Waals surface area contributed by atoms with Gasteiger partial charge in [-0.05, 0) is 66.4 Å². The second-order valence-corrected chi connectivity index (χ2v) is 10.1. The molecule has 2 aromatic carbocycles. The number of imide groups is 1. The van der Waals surface area contributed by atoms with Gasteiger partial charge in [-0.15, -0.1) is 0 Å². The van der Waals surface area contributed by atoms with Gasteiger partial charge in [-0.1, -0.05) is 35.0 Å². The summed E-state index contributed by atoms with van der Waals surface area (Å²) in [5.74, 6) is -1.52. The van der Waals surface area contributed by atoms with Crippen LogP contribution >= 0.6 is 46.7 Å². The second-order valence-electron chi connectivity index (χ2n) is 7.22. The molecule has 8 nitrogen and oxygen atoms in total. The highest BCUT2D eigenvalue weighted by Crippen LogP contribution is 2.35. The smallest absolute Gasteiger partial charge is 0.339 e. The van der Waals surface area contributed by atoms with Crippen molar-refractivity contribution in [3.8, 4) is 0 Å². The van der Waals surface area contributed by atoms with E-state index in [2.05, 4.69) is 10.1 Å². The molecule has 0 atom stereocenters. The maximum atomic E-state index is 12.8. The number of carbonyl (C=O) groups is 4. The number of amides is 3. The van der Waals surface area contributed by atoms with Gasteiger partial charge in [0.05, 0.1) is 22.6 Å². The molecule has 1 fully saturated rings. The van der Waals surface area contributed by atoms with E-state index in [4.69, 9.17) is 27.6 Å². The lowest BCUT2D eigenvalue weighted by Crippen LogP contribution is -2.36. The molecule has 1 aliphatic rings. The molecule has 3 amide bonds. The van der Waals surface area contributed by atoms with Crippen molar-refractivity contribution in [2.75, 3.05) is 19.0 Å². The Hall–Kier alpha value is -3.18. The van der Waals surface area contributed by atoms with E-state index in [1.165, 1.54) is 43.1 Å². The molecule has 0 aliphatic carbocycles. The van der Waals surface area contributed by atoms with E-state index in [0.29, 0.717) is 27.6 Å². The van der Waals surface area contributed by atoms with Crippen molar-refractivity contribution in [1.29, 1.82) is 0 Å². The molecule has 0 unspecified atom stereocenters. The molecule has 0 spiro atoms. The van der Waals surface area contributed by atoms with Crippen molar-refractivity contribution < 1.29 is 28.3 Å². The standard InChI is InChI=1S/C24H16Cl2N2O6S2/c1-33-23(31)17-10-14(4-8-18(17)26)27-20(29)12-28-22(30)19(36-24(28)32)11-15-5-9-21(34-15)35-16-6-2-13(25)3-7-16/h2-11H,12H2,1H3,(H,27,29)/b19-11-. The van der Waals surface area contributed by atoms with Crippen LogP contribution in [0.15, 0.2) is 73.9 Å². The fraction of sp³-hybridized carbons (Fsp3) is 0.0833. The van der Waals surface area contributed by atoms with Crippen LogP contribution < -0.4 is 5.32 Å². The third kappa shape index (κ3) is 6.14. The largest absolute Gasteiger partial charge is 0.465 e.